The van der Waals surface area contributed by atoms with Gasteiger partial charge in [0.1, 0.15) is 17.3 Å². The fraction of sp³-hybridized carbons (Fsp3) is 0.222. The van der Waals surface area contributed by atoms with E-state index in [0.29, 0.717) is 42.0 Å². The third-order valence-electron chi connectivity index (χ3n) is 5.09. The quantitative estimate of drug-likeness (QED) is 0.285. The highest BCUT2D eigenvalue weighted by Gasteiger charge is 2.17. The van der Waals surface area contributed by atoms with Crippen molar-refractivity contribution in [2.24, 2.45) is 0 Å². The highest BCUT2D eigenvalue weighted by atomic mass is 32.2. The number of amides is 1. The summed E-state index contributed by atoms with van der Waals surface area (Å²) in [6.07, 6.45) is 0.636. The maximum Gasteiger partial charge on any atom is 0.234 e. The number of rotatable bonds is 11. The zero-order valence-electron chi connectivity index (χ0n) is 19.8. The fourth-order valence-corrected chi connectivity index (χ4v) is 4.35. The van der Waals surface area contributed by atoms with Gasteiger partial charge in [0, 0.05) is 18.2 Å². The van der Waals surface area contributed by atoms with E-state index in [1.807, 2.05) is 73.0 Å². The molecule has 35 heavy (non-hydrogen) atoms. The number of nitrogens with zero attached hydrogens (tertiary/aromatic N) is 3. The molecule has 0 unspecified atom stereocenters. The van der Waals surface area contributed by atoms with Crippen molar-refractivity contribution >= 4 is 23.4 Å². The lowest BCUT2D eigenvalue weighted by Gasteiger charge is -2.14. The van der Waals surface area contributed by atoms with Gasteiger partial charge in [-0.1, -0.05) is 60.3 Å². The Labute approximate surface area is 209 Å². The molecule has 0 bridgehead atoms. The molecule has 0 saturated carbocycles. The Morgan fingerprint density at radius 2 is 1.63 bits per heavy atom. The average Bonchev–Trinajstić information content (AvgIpc) is 3.28. The summed E-state index contributed by atoms with van der Waals surface area (Å²) in [7, 11) is 0. The first-order valence-corrected chi connectivity index (χ1v) is 12.5. The molecule has 4 rings (SSSR count). The molecule has 0 aliphatic heterocycles. The molecule has 1 amide bonds. The van der Waals surface area contributed by atoms with E-state index in [2.05, 4.69) is 27.6 Å². The van der Waals surface area contributed by atoms with Crippen molar-refractivity contribution in [3.05, 3.63) is 90.3 Å². The number of para-hydroxylation sites is 1. The summed E-state index contributed by atoms with van der Waals surface area (Å²) >= 11 is 1.34. The molecule has 0 radical (unpaired) electrons. The van der Waals surface area contributed by atoms with Gasteiger partial charge in [0.25, 0.3) is 0 Å². The Hall–Kier alpha value is -3.78. The van der Waals surface area contributed by atoms with E-state index < -0.39 is 0 Å². The van der Waals surface area contributed by atoms with E-state index in [4.69, 9.17) is 9.47 Å². The maximum absolute atomic E-state index is 12.9. The summed E-state index contributed by atoms with van der Waals surface area (Å²) < 4.78 is 13.2. The van der Waals surface area contributed by atoms with E-state index in [-0.39, 0.29) is 11.7 Å². The SMILES string of the molecule is CCOc1ccc(OCC)c(NC(=O)CSc2nnc(Cc3ccccc3)n2-c2ccccc2)c1. The molecule has 4 aromatic rings. The number of carbonyl (C=O) groups excluding carboxylic acids is 1. The summed E-state index contributed by atoms with van der Waals surface area (Å²) in [6.45, 7) is 4.86. The number of benzene rings is 3. The number of ether oxygens (including phenoxy) is 2. The second-order valence-corrected chi connectivity index (χ2v) is 8.54. The van der Waals surface area contributed by atoms with Crippen LogP contribution in [0.3, 0.4) is 0 Å². The normalized spacial score (nSPS) is 10.7. The number of anilines is 1. The molecule has 3 aromatic carbocycles. The summed E-state index contributed by atoms with van der Waals surface area (Å²) in [4.78, 5) is 12.9. The monoisotopic (exact) mass is 488 g/mol. The highest BCUT2D eigenvalue weighted by Crippen LogP contribution is 2.30. The molecule has 0 fully saturated rings. The minimum Gasteiger partial charge on any atom is -0.494 e. The lowest BCUT2D eigenvalue weighted by atomic mass is 10.1. The topological polar surface area (TPSA) is 78.3 Å². The van der Waals surface area contributed by atoms with Crippen LogP contribution < -0.4 is 14.8 Å². The smallest absolute Gasteiger partial charge is 0.234 e. The van der Waals surface area contributed by atoms with Crippen LogP contribution in [-0.4, -0.2) is 39.6 Å². The predicted octanol–water partition coefficient (Wildman–Crippen LogP) is 5.39. The van der Waals surface area contributed by atoms with Crippen molar-refractivity contribution in [2.75, 3.05) is 24.3 Å². The minimum absolute atomic E-state index is 0.167. The van der Waals surface area contributed by atoms with Gasteiger partial charge >= 0.3 is 0 Å². The predicted molar refractivity (Wildman–Crippen MR) is 139 cm³/mol. The summed E-state index contributed by atoms with van der Waals surface area (Å²) in [5.74, 6) is 2.09. The molecule has 1 heterocycles. The molecular formula is C27H28N4O3S. The van der Waals surface area contributed by atoms with Gasteiger partial charge in [0.15, 0.2) is 5.16 Å². The Kier molecular flexibility index (Phi) is 8.40. The van der Waals surface area contributed by atoms with Gasteiger partial charge in [0.05, 0.1) is 24.7 Å². The first kappa shape index (κ1) is 24.3. The van der Waals surface area contributed by atoms with Gasteiger partial charge in [0.2, 0.25) is 5.91 Å². The zero-order chi connectivity index (χ0) is 24.5. The second-order valence-electron chi connectivity index (χ2n) is 7.59. The van der Waals surface area contributed by atoms with Gasteiger partial charge in [-0.15, -0.1) is 10.2 Å². The fourth-order valence-electron chi connectivity index (χ4n) is 3.58. The molecule has 180 valence electrons. The third-order valence-corrected chi connectivity index (χ3v) is 6.02. The molecule has 8 heteroatoms. The molecule has 0 aliphatic rings. The van der Waals surface area contributed by atoms with Crippen LogP contribution >= 0.6 is 11.8 Å². The van der Waals surface area contributed by atoms with Crippen LogP contribution in [0.4, 0.5) is 5.69 Å². The van der Waals surface area contributed by atoms with Crippen LogP contribution in [0.1, 0.15) is 25.2 Å². The zero-order valence-corrected chi connectivity index (χ0v) is 20.6. The molecular weight excluding hydrogens is 460 g/mol. The molecule has 0 saturated heterocycles. The first-order chi connectivity index (χ1) is 17.2. The molecule has 1 aromatic heterocycles. The van der Waals surface area contributed by atoms with Crippen LogP contribution in [0.5, 0.6) is 11.5 Å². The van der Waals surface area contributed by atoms with Crippen molar-refractivity contribution in [1.29, 1.82) is 0 Å². The molecule has 7 nitrogen and oxygen atoms in total. The number of aromatic nitrogens is 3. The van der Waals surface area contributed by atoms with E-state index in [0.717, 1.165) is 17.1 Å². The van der Waals surface area contributed by atoms with Gasteiger partial charge in [-0.3, -0.25) is 9.36 Å². The minimum atomic E-state index is -0.170. The van der Waals surface area contributed by atoms with Crippen LogP contribution in [0, 0.1) is 0 Å². The standard InChI is InChI=1S/C27H28N4O3S/c1-3-33-22-15-16-24(34-4-2)23(18-22)28-26(32)19-35-27-30-29-25(17-20-11-7-5-8-12-20)31(27)21-13-9-6-10-14-21/h5-16,18H,3-4,17,19H2,1-2H3,(H,28,32). The number of nitrogens with one attached hydrogen (secondary N) is 1. The van der Waals surface area contributed by atoms with Gasteiger partial charge in [-0.2, -0.15) is 0 Å². The molecule has 0 spiro atoms. The van der Waals surface area contributed by atoms with Gasteiger partial charge < -0.3 is 14.8 Å². The van der Waals surface area contributed by atoms with Crippen molar-refractivity contribution in [3.63, 3.8) is 0 Å². The summed E-state index contributed by atoms with van der Waals surface area (Å²) in [5.41, 5.74) is 2.68. The van der Waals surface area contributed by atoms with Crippen molar-refractivity contribution < 1.29 is 14.3 Å². The van der Waals surface area contributed by atoms with Crippen molar-refractivity contribution in [1.82, 2.24) is 14.8 Å². The number of thioether (sulfide) groups is 1. The molecule has 0 aliphatic carbocycles. The lowest BCUT2D eigenvalue weighted by Crippen LogP contribution is -2.16. The number of carbonyl (C=O) groups is 1. The third kappa shape index (κ3) is 6.42. The second kappa shape index (κ2) is 12.1. The Balaban J connectivity index is 1.52. The molecule has 1 N–H and O–H groups in total. The Bertz CT molecular complexity index is 1250. The van der Waals surface area contributed by atoms with Crippen molar-refractivity contribution in [2.45, 2.75) is 25.4 Å². The summed E-state index contributed by atoms with van der Waals surface area (Å²) in [5, 5.41) is 12.5. The maximum atomic E-state index is 12.9. The first-order valence-electron chi connectivity index (χ1n) is 11.5. The van der Waals surface area contributed by atoms with Crippen LogP contribution in [0.2, 0.25) is 0 Å². The van der Waals surface area contributed by atoms with E-state index >= 15 is 0 Å². The van der Waals surface area contributed by atoms with Gasteiger partial charge in [-0.05, 0) is 43.7 Å². The van der Waals surface area contributed by atoms with E-state index in [1.54, 1.807) is 12.1 Å². The van der Waals surface area contributed by atoms with Crippen molar-refractivity contribution in [3.8, 4) is 17.2 Å². The van der Waals surface area contributed by atoms with E-state index in [9.17, 15) is 4.79 Å². The van der Waals surface area contributed by atoms with E-state index in [1.165, 1.54) is 11.8 Å². The van der Waals surface area contributed by atoms with Crippen LogP contribution in [0.25, 0.3) is 5.69 Å². The summed E-state index contributed by atoms with van der Waals surface area (Å²) in [6, 6.07) is 25.5. The highest BCUT2D eigenvalue weighted by molar-refractivity contribution is 7.99. The molecule has 0 atom stereocenters. The Morgan fingerprint density at radius 3 is 2.34 bits per heavy atom. The largest absolute Gasteiger partial charge is 0.494 e. The van der Waals surface area contributed by atoms with Crippen LogP contribution in [-0.2, 0) is 11.2 Å². The van der Waals surface area contributed by atoms with Crippen LogP contribution in [0.15, 0.2) is 84.0 Å². The Morgan fingerprint density at radius 1 is 0.914 bits per heavy atom. The average molecular weight is 489 g/mol. The number of hydrogen-bond acceptors (Lipinski definition) is 6. The number of hydrogen-bond donors (Lipinski definition) is 1. The van der Waals surface area contributed by atoms with Gasteiger partial charge in [-0.25, -0.2) is 0 Å². The lowest BCUT2D eigenvalue weighted by molar-refractivity contribution is -0.113.